The second-order valence-electron chi connectivity index (χ2n) is 9.52. The van der Waals surface area contributed by atoms with Crippen LogP contribution in [0.25, 0.3) is 17.0 Å². The molecule has 0 radical (unpaired) electrons. The van der Waals surface area contributed by atoms with Gasteiger partial charge in [-0.3, -0.25) is 4.79 Å². The number of carbonyl (C=O) groups is 1. The van der Waals surface area contributed by atoms with Crippen molar-refractivity contribution in [2.45, 2.75) is 33.1 Å². The van der Waals surface area contributed by atoms with Gasteiger partial charge in [0.1, 0.15) is 5.15 Å². The molecule has 5 heterocycles. The number of aromatic nitrogens is 5. The van der Waals surface area contributed by atoms with Crippen LogP contribution in [0.3, 0.4) is 0 Å². The summed E-state index contributed by atoms with van der Waals surface area (Å²) in [5, 5.41) is 4.84. The van der Waals surface area contributed by atoms with E-state index in [1.807, 2.05) is 35.2 Å². The van der Waals surface area contributed by atoms with Crippen LogP contribution < -0.4 is 4.90 Å². The lowest BCUT2D eigenvalue weighted by Crippen LogP contribution is -2.49. The number of hydrogen-bond donors (Lipinski definition) is 0. The van der Waals surface area contributed by atoms with E-state index in [-0.39, 0.29) is 11.3 Å². The van der Waals surface area contributed by atoms with Gasteiger partial charge in [-0.15, -0.1) is 0 Å². The third-order valence-corrected chi connectivity index (χ3v) is 6.22. The summed E-state index contributed by atoms with van der Waals surface area (Å²) in [5.74, 6) is 0.685. The van der Waals surface area contributed by atoms with E-state index >= 15 is 0 Å². The maximum Gasteiger partial charge on any atom is 0.300 e. The number of halogens is 1. The third-order valence-electron chi connectivity index (χ3n) is 6.01. The molecule has 1 aliphatic heterocycles. The lowest BCUT2D eigenvalue weighted by atomic mass is 9.90. The van der Waals surface area contributed by atoms with Gasteiger partial charge in [-0.2, -0.15) is 10.1 Å². The average Bonchev–Trinajstić information content (AvgIpc) is 3.46. The van der Waals surface area contributed by atoms with Gasteiger partial charge >= 0.3 is 0 Å². The molecule has 1 aliphatic rings. The van der Waals surface area contributed by atoms with Crippen molar-refractivity contribution in [2.75, 3.05) is 31.1 Å². The fourth-order valence-corrected chi connectivity index (χ4v) is 4.10. The van der Waals surface area contributed by atoms with Gasteiger partial charge < -0.3 is 14.2 Å². The molecule has 1 amide bonds. The third kappa shape index (κ3) is 4.23. The van der Waals surface area contributed by atoms with Crippen LogP contribution in [0.5, 0.6) is 0 Å². The summed E-state index contributed by atoms with van der Waals surface area (Å²) in [4.78, 5) is 30.1. The molecule has 5 rings (SSSR count). The zero-order valence-corrected chi connectivity index (χ0v) is 20.4. The van der Waals surface area contributed by atoms with Gasteiger partial charge in [0.15, 0.2) is 11.4 Å². The number of piperazine rings is 1. The van der Waals surface area contributed by atoms with E-state index in [0.717, 1.165) is 16.9 Å². The number of hydrogen-bond acceptors (Lipinski definition) is 7. The largest absolute Gasteiger partial charge is 0.422 e. The molecule has 0 N–H and O–H groups in total. The van der Waals surface area contributed by atoms with E-state index in [1.165, 1.54) is 0 Å². The highest BCUT2D eigenvalue weighted by Crippen LogP contribution is 2.25. The Hall–Kier alpha value is -3.46. The van der Waals surface area contributed by atoms with Crippen molar-refractivity contribution < 1.29 is 9.21 Å². The van der Waals surface area contributed by atoms with Gasteiger partial charge in [-0.1, -0.05) is 32.4 Å². The summed E-state index contributed by atoms with van der Waals surface area (Å²) in [6, 6.07) is 5.80. The van der Waals surface area contributed by atoms with Crippen molar-refractivity contribution in [1.29, 1.82) is 0 Å². The Morgan fingerprint density at radius 2 is 1.85 bits per heavy atom. The van der Waals surface area contributed by atoms with Gasteiger partial charge in [0.25, 0.3) is 11.9 Å². The van der Waals surface area contributed by atoms with Crippen LogP contribution in [0.15, 0.2) is 41.2 Å². The summed E-state index contributed by atoms with van der Waals surface area (Å²) < 4.78 is 7.58. The van der Waals surface area contributed by atoms with Crippen LogP contribution in [0.2, 0.25) is 5.15 Å². The number of nitrogens with zero attached hydrogens (tertiary/aromatic N) is 7. The van der Waals surface area contributed by atoms with Crippen molar-refractivity contribution in [2.24, 2.45) is 0 Å². The van der Waals surface area contributed by atoms with Crippen molar-refractivity contribution in [3.05, 3.63) is 58.6 Å². The normalized spacial score (nSPS) is 14.7. The van der Waals surface area contributed by atoms with Crippen LogP contribution in [0, 0.1) is 6.92 Å². The van der Waals surface area contributed by atoms with Crippen molar-refractivity contribution in [1.82, 2.24) is 29.6 Å². The summed E-state index contributed by atoms with van der Waals surface area (Å²) in [6.45, 7) is 10.7. The number of anilines is 1. The molecule has 4 aromatic rings. The van der Waals surface area contributed by atoms with Gasteiger partial charge in [0.2, 0.25) is 5.65 Å². The molecule has 0 aromatic carbocycles. The van der Waals surface area contributed by atoms with E-state index < -0.39 is 0 Å². The molecule has 1 saturated heterocycles. The molecule has 0 aliphatic carbocycles. The summed E-state index contributed by atoms with van der Waals surface area (Å²) in [5.41, 5.74) is 3.67. The number of aryl methyl sites for hydroxylation is 1. The van der Waals surface area contributed by atoms with E-state index in [9.17, 15) is 4.79 Å². The van der Waals surface area contributed by atoms with Crippen molar-refractivity contribution >= 4 is 34.8 Å². The van der Waals surface area contributed by atoms with Crippen LogP contribution in [0.1, 0.15) is 42.3 Å². The predicted molar refractivity (Wildman–Crippen MR) is 130 cm³/mol. The number of rotatable bonds is 3. The van der Waals surface area contributed by atoms with E-state index in [4.69, 9.17) is 16.0 Å². The zero-order valence-electron chi connectivity index (χ0n) is 19.6. The molecular weight excluding hydrogens is 454 g/mol. The van der Waals surface area contributed by atoms with Crippen LogP contribution in [0.4, 0.5) is 6.01 Å². The van der Waals surface area contributed by atoms with E-state index in [0.29, 0.717) is 54.1 Å². The summed E-state index contributed by atoms with van der Waals surface area (Å²) in [7, 11) is 0. The Bertz CT molecular complexity index is 1360. The minimum Gasteiger partial charge on any atom is -0.422 e. The second kappa shape index (κ2) is 8.39. The molecule has 9 nitrogen and oxygen atoms in total. The lowest BCUT2D eigenvalue weighted by Gasteiger charge is -2.33. The average molecular weight is 480 g/mol. The zero-order chi connectivity index (χ0) is 24.0. The Morgan fingerprint density at radius 3 is 2.53 bits per heavy atom. The maximum absolute atomic E-state index is 13.1. The molecule has 4 aromatic heterocycles. The smallest absolute Gasteiger partial charge is 0.300 e. The molecule has 0 spiro atoms. The Labute approximate surface area is 202 Å². The van der Waals surface area contributed by atoms with Crippen LogP contribution in [-0.2, 0) is 5.41 Å². The number of fused-ring (bicyclic) bond motifs is 1. The fourth-order valence-electron chi connectivity index (χ4n) is 3.95. The predicted octanol–water partition coefficient (Wildman–Crippen LogP) is 4.03. The molecule has 0 unspecified atom stereocenters. The Balaban J connectivity index is 1.27. The minimum atomic E-state index is -0.0383. The molecule has 1 fully saturated rings. The summed E-state index contributed by atoms with van der Waals surface area (Å²) >= 11 is 5.94. The van der Waals surface area contributed by atoms with Crippen LogP contribution in [-0.4, -0.2) is 61.7 Å². The van der Waals surface area contributed by atoms with Gasteiger partial charge in [-0.05, 0) is 41.7 Å². The van der Waals surface area contributed by atoms with Gasteiger partial charge in [0, 0.05) is 38.6 Å². The van der Waals surface area contributed by atoms with Gasteiger partial charge in [0.05, 0.1) is 11.8 Å². The summed E-state index contributed by atoms with van der Waals surface area (Å²) in [6.07, 6.45) is 5.48. The molecule has 0 atom stereocenters. The molecule has 176 valence electrons. The van der Waals surface area contributed by atoms with Crippen LogP contribution >= 0.6 is 11.6 Å². The molecule has 0 saturated carbocycles. The van der Waals surface area contributed by atoms with E-state index in [2.05, 4.69) is 40.8 Å². The first kappa shape index (κ1) is 22.3. The number of pyridine rings is 2. The van der Waals surface area contributed by atoms with Crippen molar-refractivity contribution in [3.63, 3.8) is 0 Å². The first-order valence-electron chi connectivity index (χ1n) is 11.2. The Morgan fingerprint density at radius 1 is 1.09 bits per heavy atom. The lowest BCUT2D eigenvalue weighted by molar-refractivity contribution is 0.0744. The number of oxazole rings is 1. The quantitative estimate of drug-likeness (QED) is 0.409. The highest BCUT2D eigenvalue weighted by molar-refractivity contribution is 6.29. The standard InChI is InChI=1S/C24H26ClN7O2/c1-15-11-16(12-26-21(15)32-14-17(13-27-32)24(2,3)4)22(33)30-7-9-31(10-8-30)23-29-20-18(34-23)5-6-19(25)28-20/h5-6,11-14H,7-10H2,1-4H3. The molecule has 0 bridgehead atoms. The highest BCUT2D eigenvalue weighted by Gasteiger charge is 2.26. The number of amides is 1. The molecular formula is C24H26ClN7O2. The number of carbonyl (C=O) groups excluding carboxylic acids is 1. The maximum atomic E-state index is 13.1. The fraction of sp³-hybridized carbons (Fsp3) is 0.375. The topological polar surface area (TPSA) is 93.2 Å². The molecule has 10 heteroatoms. The van der Waals surface area contributed by atoms with Gasteiger partial charge in [-0.25, -0.2) is 14.6 Å². The highest BCUT2D eigenvalue weighted by atomic mass is 35.5. The monoisotopic (exact) mass is 479 g/mol. The molecule has 34 heavy (non-hydrogen) atoms. The SMILES string of the molecule is Cc1cc(C(=O)N2CCN(c3nc4nc(Cl)ccc4o3)CC2)cnc1-n1cc(C(C)(C)C)cn1. The van der Waals surface area contributed by atoms with E-state index in [1.54, 1.807) is 23.0 Å². The first-order chi connectivity index (χ1) is 16.2. The van der Waals surface area contributed by atoms with Crippen molar-refractivity contribution in [3.8, 4) is 5.82 Å². The second-order valence-corrected chi connectivity index (χ2v) is 9.91. The first-order valence-corrected chi connectivity index (χ1v) is 11.6. The minimum absolute atomic E-state index is 0.00561. The Kier molecular flexibility index (Phi) is 5.51.